The van der Waals surface area contributed by atoms with Crippen LogP contribution < -0.4 is 5.32 Å². The molecule has 6 heteroatoms. The molecule has 0 saturated carbocycles. The van der Waals surface area contributed by atoms with Gasteiger partial charge in [-0.1, -0.05) is 48.0 Å². The minimum atomic E-state index is -0.621. The van der Waals surface area contributed by atoms with Crippen LogP contribution in [-0.2, 0) is 17.8 Å². The maximum Gasteiger partial charge on any atom is 0.290 e. The maximum absolute atomic E-state index is 13.2. The summed E-state index contributed by atoms with van der Waals surface area (Å²) in [6.45, 7) is 2.26. The van der Waals surface area contributed by atoms with Crippen LogP contribution in [0, 0.1) is 0 Å². The van der Waals surface area contributed by atoms with Crippen LogP contribution in [0.15, 0.2) is 71.3 Å². The number of nitrogens with one attached hydrogen (secondary N) is 1. The Morgan fingerprint density at radius 1 is 1.10 bits per heavy atom. The molecule has 4 rings (SSSR count). The van der Waals surface area contributed by atoms with Gasteiger partial charge in [0.1, 0.15) is 6.04 Å². The summed E-state index contributed by atoms with van der Waals surface area (Å²) in [6.07, 6.45) is 1.91. The second kappa shape index (κ2) is 8.13. The van der Waals surface area contributed by atoms with Crippen molar-refractivity contribution in [2.45, 2.75) is 32.0 Å². The van der Waals surface area contributed by atoms with Gasteiger partial charge in [0, 0.05) is 18.0 Å². The number of rotatable bonds is 4. The van der Waals surface area contributed by atoms with Crippen LogP contribution in [0.4, 0.5) is 0 Å². The van der Waals surface area contributed by atoms with Crippen molar-refractivity contribution in [2.24, 2.45) is 0 Å². The zero-order chi connectivity index (χ0) is 20.4. The quantitative estimate of drug-likeness (QED) is 0.696. The van der Waals surface area contributed by atoms with Crippen LogP contribution in [0.5, 0.6) is 0 Å². The highest BCUT2D eigenvalue weighted by Gasteiger charge is 2.36. The fourth-order valence-corrected chi connectivity index (χ4v) is 3.88. The van der Waals surface area contributed by atoms with Crippen molar-refractivity contribution in [3.8, 4) is 0 Å². The van der Waals surface area contributed by atoms with E-state index in [1.54, 1.807) is 23.1 Å². The lowest BCUT2D eigenvalue weighted by atomic mass is 9.93. The summed E-state index contributed by atoms with van der Waals surface area (Å²) in [5.41, 5.74) is 3.02. The number of hydrogen-bond acceptors (Lipinski definition) is 3. The molecule has 0 radical (unpaired) electrons. The third-order valence-corrected chi connectivity index (χ3v) is 5.49. The Bertz CT molecular complexity index is 1030. The predicted octanol–water partition coefficient (Wildman–Crippen LogP) is 4.38. The molecule has 0 aliphatic carbocycles. The van der Waals surface area contributed by atoms with E-state index in [0.29, 0.717) is 18.0 Å². The van der Waals surface area contributed by atoms with E-state index in [4.69, 9.17) is 16.0 Å². The Balaban J connectivity index is 1.59. The summed E-state index contributed by atoms with van der Waals surface area (Å²) in [5, 5.41) is 3.65. The van der Waals surface area contributed by atoms with E-state index in [9.17, 15) is 9.59 Å². The fraction of sp³-hybridized carbons (Fsp3) is 0.217. The van der Waals surface area contributed by atoms with Crippen molar-refractivity contribution in [1.29, 1.82) is 0 Å². The van der Waals surface area contributed by atoms with Gasteiger partial charge in [-0.3, -0.25) is 9.59 Å². The normalized spacial score (nSPS) is 16.8. The molecule has 29 heavy (non-hydrogen) atoms. The lowest BCUT2D eigenvalue weighted by molar-refractivity contribution is -0.126. The molecule has 0 bridgehead atoms. The first-order valence-corrected chi connectivity index (χ1v) is 9.88. The van der Waals surface area contributed by atoms with Crippen LogP contribution in [-0.4, -0.2) is 22.8 Å². The molecule has 0 fully saturated rings. The fourth-order valence-electron chi connectivity index (χ4n) is 3.68. The number of carbonyl (C=O) groups excluding carboxylic acids is 2. The number of hydrogen-bond donors (Lipinski definition) is 1. The largest absolute Gasteiger partial charge is 0.459 e. The van der Waals surface area contributed by atoms with Gasteiger partial charge in [-0.2, -0.15) is 0 Å². The summed E-state index contributed by atoms with van der Waals surface area (Å²) in [4.78, 5) is 27.8. The minimum absolute atomic E-state index is 0.202. The van der Waals surface area contributed by atoms with Crippen LogP contribution in [0.25, 0.3) is 0 Å². The third kappa shape index (κ3) is 4.05. The lowest BCUT2D eigenvalue weighted by Crippen LogP contribution is -2.52. The highest BCUT2D eigenvalue weighted by molar-refractivity contribution is 6.30. The summed E-state index contributed by atoms with van der Waals surface area (Å²) >= 11 is 6.08. The van der Waals surface area contributed by atoms with Gasteiger partial charge in [-0.25, -0.2) is 0 Å². The SMILES string of the molecule is CC(NC(=O)C1Cc2ccccc2CN1C(=O)c1ccco1)c1cccc(Cl)c1. The third-order valence-electron chi connectivity index (χ3n) is 5.25. The highest BCUT2D eigenvalue weighted by Crippen LogP contribution is 2.26. The van der Waals surface area contributed by atoms with Gasteiger partial charge in [-0.15, -0.1) is 0 Å². The smallest absolute Gasteiger partial charge is 0.290 e. The Labute approximate surface area is 174 Å². The molecule has 2 heterocycles. The zero-order valence-corrected chi connectivity index (χ0v) is 16.7. The van der Waals surface area contributed by atoms with Gasteiger partial charge < -0.3 is 14.6 Å². The molecular formula is C23H21ClN2O3. The molecule has 1 aromatic heterocycles. The van der Waals surface area contributed by atoms with Gasteiger partial charge >= 0.3 is 0 Å². The van der Waals surface area contributed by atoms with Gasteiger partial charge in [0.05, 0.1) is 12.3 Å². The van der Waals surface area contributed by atoms with Crippen LogP contribution >= 0.6 is 11.6 Å². The number of nitrogens with zero attached hydrogens (tertiary/aromatic N) is 1. The Hall–Kier alpha value is -3.05. The molecule has 5 nitrogen and oxygen atoms in total. The van der Waals surface area contributed by atoms with E-state index < -0.39 is 6.04 Å². The van der Waals surface area contributed by atoms with E-state index >= 15 is 0 Å². The molecule has 0 saturated heterocycles. The number of halogens is 1. The first kappa shape index (κ1) is 19.3. The van der Waals surface area contributed by atoms with Gasteiger partial charge in [0.2, 0.25) is 5.91 Å². The average molecular weight is 409 g/mol. The Morgan fingerprint density at radius 3 is 2.62 bits per heavy atom. The van der Waals surface area contributed by atoms with E-state index in [-0.39, 0.29) is 23.6 Å². The maximum atomic E-state index is 13.2. The van der Waals surface area contributed by atoms with Crippen molar-refractivity contribution in [3.63, 3.8) is 0 Å². The molecule has 2 atom stereocenters. The van der Waals surface area contributed by atoms with E-state index in [2.05, 4.69) is 5.32 Å². The van der Waals surface area contributed by atoms with E-state index in [1.165, 1.54) is 6.26 Å². The molecule has 2 aromatic carbocycles. The summed E-state index contributed by atoms with van der Waals surface area (Å²) < 4.78 is 5.29. The molecule has 2 amide bonds. The highest BCUT2D eigenvalue weighted by atomic mass is 35.5. The number of carbonyl (C=O) groups is 2. The molecular weight excluding hydrogens is 388 g/mol. The lowest BCUT2D eigenvalue weighted by Gasteiger charge is -2.36. The van der Waals surface area contributed by atoms with Crippen molar-refractivity contribution >= 4 is 23.4 Å². The second-order valence-corrected chi connectivity index (χ2v) is 7.62. The molecule has 1 aliphatic rings. The van der Waals surface area contributed by atoms with Gasteiger partial charge in [0.25, 0.3) is 5.91 Å². The Morgan fingerprint density at radius 2 is 1.90 bits per heavy atom. The zero-order valence-electron chi connectivity index (χ0n) is 16.0. The molecule has 1 N–H and O–H groups in total. The summed E-state index contributed by atoms with van der Waals surface area (Å²) in [5.74, 6) is -0.267. The average Bonchev–Trinajstić information content (AvgIpc) is 3.27. The van der Waals surface area contributed by atoms with Gasteiger partial charge in [0.15, 0.2) is 5.76 Å². The molecule has 2 unspecified atom stereocenters. The van der Waals surface area contributed by atoms with Crippen LogP contribution in [0.3, 0.4) is 0 Å². The van der Waals surface area contributed by atoms with Gasteiger partial charge in [-0.05, 0) is 47.9 Å². The molecule has 0 spiro atoms. The summed E-state index contributed by atoms with van der Waals surface area (Å²) in [6, 6.07) is 17.7. The van der Waals surface area contributed by atoms with Crippen molar-refractivity contribution in [1.82, 2.24) is 10.2 Å². The predicted molar refractivity (Wildman–Crippen MR) is 111 cm³/mol. The minimum Gasteiger partial charge on any atom is -0.459 e. The number of fused-ring (bicyclic) bond motifs is 1. The van der Waals surface area contributed by atoms with Crippen LogP contribution in [0.1, 0.15) is 40.2 Å². The van der Waals surface area contributed by atoms with E-state index in [1.807, 2.05) is 49.4 Å². The van der Waals surface area contributed by atoms with Crippen LogP contribution in [0.2, 0.25) is 5.02 Å². The van der Waals surface area contributed by atoms with E-state index in [0.717, 1.165) is 16.7 Å². The summed E-state index contributed by atoms with van der Waals surface area (Å²) in [7, 11) is 0. The van der Waals surface area contributed by atoms with Crippen molar-refractivity contribution in [2.75, 3.05) is 0 Å². The topological polar surface area (TPSA) is 62.6 Å². The number of benzene rings is 2. The van der Waals surface area contributed by atoms with Crippen molar-refractivity contribution < 1.29 is 14.0 Å². The Kier molecular flexibility index (Phi) is 5.41. The number of amides is 2. The second-order valence-electron chi connectivity index (χ2n) is 7.18. The standard InChI is InChI=1S/C23H21ClN2O3/c1-15(16-8-4-9-19(24)12-16)25-22(27)20-13-17-6-2-3-7-18(17)14-26(20)23(28)21-10-5-11-29-21/h2-12,15,20H,13-14H2,1H3,(H,25,27). The molecule has 1 aliphatic heterocycles. The molecule has 148 valence electrons. The first-order valence-electron chi connectivity index (χ1n) is 9.50. The van der Waals surface area contributed by atoms with Crippen molar-refractivity contribution in [3.05, 3.63) is 94.4 Å². The number of furan rings is 1. The first-order chi connectivity index (χ1) is 14.0. The monoisotopic (exact) mass is 408 g/mol. The molecule has 3 aromatic rings.